The van der Waals surface area contributed by atoms with Crippen LogP contribution in [-0.4, -0.2) is 32.6 Å². The van der Waals surface area contributed by atoms with Gasteiger partial charge in [0.2, 0.25) is 0 Å². The van der Waals surface area contributed by atoms with E-state index in [2.05, 4.69) is 30.2 Å². The van der Waals surface area contributed by atoms with Crippen molar-refractivity contribution in [2.24, 2.45) is 0 Å². The van der Waals surface area contributed by atoms with Gasteiger partial charge in [-0.1, -0.05) is 56.3 Å². The zero-order valence-electron chi connectivity index (χ0n) is 22.4. The van der Waals surface area contributed by atoms with Crippen molar-refractivity contribution in [2.45, 2.75) is 52.2 Å². The molecule has 1 atom stereocenters. The standard InChI is InChI=1S/C33H34N2O4/c1-3-23(33(37)38)18-22-11-13-24(14-12-22)32(29(4-2)25-8-7-9-28(36)20-25)26-15-16-30-27(19-26)21-34-35(30)31-10-5-6-17-39-31/h7-9,11-16,18-21,31,36H,3-6,10,17H2,1-2H3,(H,37,38). The molecule has 4 aromatic rings. The Bertz CT molecular complexity index is 1540. The number of aromatic hydroxyl groups is 1. The zero-order valence-corrected chi connectivity index (χ0v) is 22.4. The number of nitrogens with zero attached hydrogens (tertiary/aromatic N) is 2. The highest BCUT2D eigenvalue weighted by Gasteiger charge is 2.20. The van der Waals surface area contributed by atoms with Crippen LogP contribution >= 0.6 is 0 Å². The van der Waals surface area contributed by atoms with E-state index in [0.717, 1.165) is 76.6 Å². The van der Waals surface area contributed by atoms with Crippen LogP contribution in [0.1, 0.15) is 74.4 Å². The van der Waals surface area contributed by atoms with E-state index in [1.165, 1.54) is 0 Å². The van der Waals surface area contributed by atoms with E-state index in [9.17, 15) is 15.0 Å². The maximum Gasteiger partial charge on any atom is 0.331 e. The molecular weight excluding hydrogens is 488 g/mol. The first-order valence-corrected chi connectivity index (χ1v) is 13.6. The molecule has 1 fully saturated rings. The molecule has 2 N–H and O–H groups in total. The largest absolute Gasteiger partial charge is 0.508 e. The summed E-state index contributed by atoms with van der Waals surface area (Å²) in [5.41, 5.74) is 7.46. The number of rotatable bonds is 8. The number of carbonyl (C=O) groups is 1. The van der Waals surface area contributed by atoms with Crippen LogP contribution in [0.25, 0.3) is 28.1 Å². The van der Waals surface area contributed by atoms with E-state index in [1.54, 1.807) is 18.2 Å². The number of aliphatic carboxylic acids is 1. The first-order valence-electron chi connectivity index (χ1n) is 13.6. The SMILES string of the molecule is CCC(=Cc1ccc(C(=C(CC)c2cccc(O)c2)c2ccc3c(cnn3C3CCCCO3)c2)cc1)C(=O)O. The summed E-state index contributed by atoms with van der Waals surface area (Å²) >= 11 is 0. The highest BCUT2D eigenvalue weighted by atomic mass is 16.5. The minimum absolute atomic E-state index is 0.0324. The monoisotopic (exact) mass is 522 g/mol. The van der Waals surface area contributed by atoms with Gasteiger partial charge in [-0.25, -0.2) is 9.48 Å². The van der Waals surface area contributed by atoms with E-state index in [4.69, 9.17) is 4.74 Å². The Morgan fingerprint density at radius 3 is 2.46 bits per heavy atom. The fourth-order valence-corrected chi connectivity index (χ4v) is 5.35. The lowest BCUT2D eigenvalue weighted by Gasteiger charge is -2.23. The maximum absolute atomic E-state index is 11.5. The van der Waals surface area contributed by atoms with Crippen LogP contribution in [0.15, 0.2) is 78.5 Å². The van der Waals surface area contributed by atoms with Gasteiger partial charge in [-0.2, -0.15) is 5.10 Å². The van der Waals surface area contributed by atoms with Crippen molar-refractivity contribution in [3.05, 3.63) is 101 Å². The molecule has 1 aliphatic rings. The highest BCUT2D eigenvalue weighted by molar-refractivity contribution is 6.00. The highest BCUT2D eigenvalue weighted by Crippen LogP contribution is 2.37. The second kappa shape index (κ2) is 11.7. The fourth-order valence-electron chi connectivity index (χ4n) is 5.35. The smallest absolute Gasteiger partial charge is 0.331 e. The van der Waals surface area contributed by atoms with Gasteiger partial charge in [0, 0.05) is 17.6 Å². The van der Waals surface area contributed by atoms with Gasteiger partial charge in [-0.15, -0.1) is 0 Å². The van der Waals surface area contributed by atoms with Crippen LogP contribution in [0, 0.1) is 0 Å². The van der Waals surface area contributed by atoms with Crippen molar-refractivity contribution in [2.75, 3.05) is 6.61 Å². The van der Waals surface area contributed by atoms with Crippen molar-refractivity contribution in [1.82, 2.24) is 9.78 Å². The molecule has 1 aromatic heterocycles. The van der Waals surface area contributed by atoms with E-state index < -0.39 is 5.97 Å². The first kappa shape index (κ1) is 26.4. The second-order valence-electron chi connectivity index (χ2n) is 9.89. The summed E-state index contributed by atoms with van der Waals surface area (Å²) in [5.74, 6) is -0.671. The molecule has 2 heterocycles. The Hall–Kier alpha value is -4.16. The third-order valence-corrected chi connectivity index (χ3v) is 7.36. The number of benzene rings is 3. The normalized spacial score (nSPS) is 16.8. The average Bonchev–Trinajstić information content (AvgIpc) is 3.38. The predicted octanol–water partition coefficient (Wildman–Crippen LogP) is 7.69. The number of fused-ring (bicyclic) bond motifs is 1. The van der Waals surface area contributed by atoms with Crippen LogP contribution in [0.5, 0.6) is 5.75 Å². The first-order chi connectivity index (χ1) is 19.0. The lowest BCUT2D eigenvalue weighted by molar-refractivity contribution is -0.132. The van der Waals surface area contributed by atoms with Gasteiger partial charge in [0.25, 0.3) is 0 Å². The quantitative estimate of drug-likeness (QED) is 0.183. The lowest BCUT2D eigenvalue weighted by Crippen LogP contribution is -2.18. The Morgan fingerprint density at radius 2 is 1.79 bits per heavy atom. The second-order valence-corrected chi connectivity index (χ2v) is 9.89. The molecule has 0 bridgehead atoms. The molecule has 6 heteroatoms. The van der Waals surface area contributed by atoms with Gasteiger partial charge < -0.3 is 14.9 Å². The van der Waals surface area contributed by atoms with Crippen LogP contribution in [0.2, 0.25) is 0 Å². The van der Waals surface area contributed by atoms with Crippen molar-refractivity contribution in [1.29, 1.82) is 0 Å². The molecule has 1 aliphatic heterocycles. The van der Waals surface area contributed by atoms with Crippen LogP contribution in [0.4, 0.5) is 0 Å². The van der Waals surface area contributed by atoms with E-state index >= 15 is 0 Å². The molecular formula is C33H34N2O4. The van der Waals surface area contributed by atoms with E-state index in [1.807, 2.05) is 54.2 Å². The average molecular weight is 523 g/mol. The predicted molar refractivity (Wildman–Crippen MR) is 155 cm³/mol. The molecule has 1 saturated heterocycles. The van der Waals surface area contributed by atoms with Crippen LogP contribution in [0.3, 0.4) is 0 Å². The summed E-state index contributed by atoms with van der Waals surface area (Å²) in [4.78, 5) is 11.5. The number of hydrogen-bond acceptors (Lipinski definition) is 4. The number of hydrogen-bond donors (Lipinski definition) is 2. The summed E-state index contributed by atoms with van der Waals surface area (Å²) in [7, 11) is 0. The van der Waals surface area contributed by atoms with Gasteiger partial charge in [0.05, 0.1) is 11.7 Å². The zero-order chi connectivity index (χ0) is 27.4. The van der Waals surface area contributed by atoms with Gasteiger partial charge >= 0.3 is 5.97 Å². The maximum atomic E-state index is 11.5. The van der Waals surface area contributed by atoms with Gasteiger partial charge in [-0.3, -0.25) is 0 Å². The topological polar surface area (TPSA) is 84.6 Å². The lowest BCUT2D eigenvalue weighted by atomic mass is 9.87. The van der Waals surface area contributed by atoms with Crippen molar-refractivity contribution < 1.29 is 19.7 Å². The van der Waals surface area contributed by atoms with E-state index in [-0.39, 0.29) is 12.0 Å². The molecule has 0 amide bonds. The third-order valence-electron chi connectivity index (χ3n) is 7.36. The van der Waals surface area contributed by atoms with Gasteiger partial charge in [-0.05, 0) is 95.8 Å². The molecule has 0 aliphatic carbocycles. The molecule has 39 heavy (non-hydrogen) atoms. The number of aromatic nitrogens is 2. The Labute approximate surface area is 228 Å². The summed E-state index contributed by atoms with van der Waals surface area (Å²) in [6.07, 6.45) is 8.00. The van der Waals surface area contributed by atoms with Crippen molar-refractivity contribution in [3.63, 3.8) is 0 Å². The molecule has 5 rings (SSSR count). The van der Waals surface area contributed by atoms with Crippen LogP contribution < -0.4 is 0 Å². The molecule has 3 aromatic carbocycles. The Kier molecular flexibility index (Phi) is 7.94. The molecule has 0 radical (unpaired) electrons. The minimum atomic E-state index is -0.896. The number of ether oxygens (including phenoxy) is 1. The van der Waals surface area contributed by atoms with Gasteiger partial charge in [0.15, 0.2) is 6.23 Å². The summed E-state index contributed by atoms with van der Waals surface area (Å²) in [6, 6.07) is 21.8. The third kappa shape index (κ3) is 5.66. The summed E-state index contributed by atoms with van der Waals surface area (Å²) in [5, 5.41) is 25.4. The number of carboxylic acid groups (broad SMARTS) is 1. The summed E-state index contributed by atoms with van der Waals surface area (Å²) in [6.45, 7) is 4.72. The number of phenols is 1. The van der Waals surface area contributed by atoms with Crippen molar-refractivity contribution >= 4 is 34.1 Å². The molecule has 0 spiro atoms. The fraction of sp³-hybridized carbons (Fsp3) is 0.273. The van der Waals surface area contributed by atoms with Crippen LogP contribution in [-0.2, 0) is 9.53 Å². The van der Waals surface area contributed by atoms with E-state index in [0.29, 0.717) is 12.0 Å². The number of carboxylic acids is 1. The molecule has 200 valence electrons. The number of phenolic OH excluding ortho intramolecular Hbond substituents is 1. The number of allylic oxidation sites excluding steroid dienone is 1. The molecule has 1 unspecified atom stereocenters. The molecule has 0 saturated carbocycles. The minimum Gasteiger partial charge on any atom is -0.508 e. The van der Waals surface area contributed by atoms with Gasteiger partial charge in [0.1, 0.15) is 5.75 Å². The van der Waals surface area contributed by atoms with Crippen molar-refractivity contribution in [3.8, 4) is 5.75 Å². The Balaban J connectivity index is 1.63. The molecule has 6 nitrogen and oxygen atoms in total. The Morgan fingerprint density at radius 1 is 1.00 bits per heavy atom. The summed E-state index contributed by atoms with van der Waals surface area (Å²) < 4.78 is 7.98.